The Hall–Kier alpha value is -2.23. The van der Waals surface area contributed by atoms with Gasteiger partial charge in [0.25, 0.3) is 0 Å². The summed E-state index contributed by atoms with van der Waals surface area (Å²) in [5.41, 5.74) is 2.66. The minimum Gasteiger partial charge on any atom is -0.454 e. The SMILES string of the molecule is CCc1ccc(C(CC)OC(=O)c2cnc(C)nc2)cc1. The van der Waals surface area contributed by atoms with Crippen LogP contribution in [0, 0.1) is 6.92 Å². The molecule has 4 heteroatoms. The number of benzene rings is 1. The summed E-state index contributed by atoms with van der Waals surface area (Å²) in [6, 6.07) is 8.18. The summed E-state index contributed by atoms with van der Waals surface area (Å²) in [4.78, 5) is 20.2. The highest BCUT2D eigenvalue weighted by molar-refractivity contribution is 5.88. The summed E-state index contributed by atoms with van der Waals surface area (Å²) < 4.78 is 5.57. The minimum absolute atomic E-state index is 0.246. The van der Waals surface area contributed by atoms with Crippen LogP contribution in [0.2, 0.25) is 0 Å². The number of rotatable bonds is 5. The van der Waals surface area contributed by atoms with Crippen LogP contribution in [0.15, 0.2) is 36.7 Å². The van der Waals surface area contributed by atoms with Crippen LogP contribution >= 0.6 is 0 Å². The van der Waals surface area contributed by atoms with Gasteiger partial charge in [0.05, 0.1) is 5.56 Å². The molecule has 1 unspecified atom stereocenters. The van der Waals surface area contributed by atoms with Crippen molar-refractivity contribution in [2.45, 2.75) is 39.7 Å². The summed E-state index contributed by atoms with van der Waals surface area (Å²) >= 11 is 0. The molecule has 1 aromatic carbocycles. The van der Waals surface area contributed by atoms with Crippen molar-refractivity contribution in [3.8, 4) is 0 Å². The molecule has 110 valence electrons. The molecule has 0 amide bonds. The summed E-state index contributed by atoms with van der Waals surface area (Å²) in [5, 5.41) is 0. The van der Waals surface area contributed by atoms with E-state index in [1.165, 1.54) is 18.0 Å². The molecule has 1 atom stereocenters. The number of carbonyl (C=O) groups is 1. The molecule has 0 fully saturated rings. The second kappa shape index (κ2) is 6.97. The fourth-order valence-electron chi connectivity index (χ4n) is 2.05. The van der Waals surface area contributed by atoms with Crippen molar-refractivity contribution in [3.63, 3.8) is 0 Å². The second-order valence-corrected chi connectivity index (χ2v) is 4.92. The number of nitrogens with zero attached hydrogens (tertiary/aromatic N) is 2. The fourth-order valence-corrected chi connectivity index (χ4v) is 2.05. The highest BCUT2D eigenvalue weighted by Gasteiger charge is 2.16. The first-order chi connectivity index (χ1) is 10.1. The van der Waals surface area contributed by atoms with E-state index in [1.54, 1.807) is 6.92 Å². The van der Waals surface area contributed by atoms with Gasteiger partial charge >= 0.3 is 5.97 Å². The molecule has 1 aromatic heterocycles. The Morgan fingerprint density at radius 2 is 1.76 bits per heavy atom. The van der Waals surface area contributed by atoms with E-state index in [1.807, 2.05) is 19.1 Å². The van der Waals surface area contributed by atoms with E-state index in [0.717, 1.165) is 18.4 Å². The first kappa shape index (κ1) is 15.2. The van der Waals surface area contributed by atoms with E-state index in [0.29, 0.717) is 11.4 Å². The van der Waals surface area contributed by atoms with E-state index < -0.39 is 0 Å². The zero-order valence-corrected chi connectivity index (χ0v) is 12.7. The Morgan fingerprint density at radius 1 is 1.14 bits per heavy atom. The second-order valence-electron chi connectivity index (χ2n) is 4.92. The molecule has 1 heterocycles. The number of carbonyl (C=O) groups excluding carboxylic acids is 1. The molecule has 0 spiro atoms. The molecule has 0 saturated heterocycles. The maximum absolute atomic E-state index is 12.1. The molecule has 21 heavy (non-hydrogen) atoms. The van der Waals surface area contributed by atoms with Gasteiger partial charge in [-0.15, -0.1) is 0 Å². The van der Waals surface area contributed by atoms with Gasteiger partial charge in [-0.25, -0.2) is 14.8 Å². The van der Waals surface area contributed by atoms with Crippen LogP contribution in [-0.4, -0.2) is 15.9 Å². The average molecular weight is 284 g/mol. The number of hydrogen-bond donors (Lipinski definition) is 0. The lowest BCUT2D eigenvalue weighted by Crippen LogP contribution is -2.12. The van der Waals surface area contributed by atoms with Crippen molar-refractivity contribution >= 4 is 5.97 Å². The standard InChI is InChI=1S/C17H20N2O2/c1-4-13-6-8-14(9-7-13)16(5-2)21-17(20)15-10-18-12(3)19-11-15/h6-11,16H,4-5H2,1-3H3. The summed E-state index contributed by atoms with van der Waals surface area (Å²) in [6.45, 7) is 5.89. The van der Waals surface area contributed by atoms with Crippen LogP contribution in [0.1, 0.15) is 53.7 Å². The average Bonchev–Trinajstić information content (AvgIpc) is 2.53. The molecular weight excluding hydrogens is 264 g/mol. The Morgan fingerprint density at radius 3 is 2.29 bits per heavy atom. The van der Waals surface area contributed by atoms with Crippen molar-refractivity contribution < 1.29 is 9.53 Å². The van der Waals surface area contributed by atoms with Crippen LogP contribution in [0.3, 0.4) is 0 Å². The highest BCUT2D eigenvalue weighted by Crippen LogP contribution is 2.23. The van der Waals surface area contributed by atoms with Crippen molar-refractivity contribution in [2.24, 2.45) is 0 Å². The quantitative estimate of drug-likeness (QED) is 0.786. The number of aromatic nitrogens is 2. The lowest BCUT2D eigenvalue weighted by atomic mass is 10.0. The third-order valence-corrected chi connectivity index (χ3v) is 3.40. The smallest absolute Gasteiger partial charge is 0.341 e. The molecule has 0 bridgehead atoms. The van der Waals surface area contributed by atoms with Crippen molar-refractivity contribution in [1.29, 1.82) is 0 Å². The molecule has 2 aromatic rings. The molecule has 0 aliphatic rings. The van der Waals surface area contributed by atoms with Crippen molar-refractivity contribution in [2.75, 3.05) is 0 Å². The lowest BCUT2D eigenvalue weighted by Gasteiger charge is -2.17. The molecule has 0 radical (unpaired) electrons. The van der Waals surface area contributed by atoms with Crippen LogP contribution in [0.4, 0.5) is 0 Å². The molecule has 2 rings (SSSR count). The van der Waals surface area contributed by atoms with Crippen LogP contribution < -0.4 is 0 Å². The number of esters is 1. The van der Waals surface area contributed by atoms with E-state index in [-0.39, 0.29) is 12.1 Å². The Labute approximate surface area is 125 Å². The van der Waals surface area contributed by atoms with Gasteiger partial charge in [-0.3, -0.25) is 0 Å². The molecule has 0 aliphatic heterocycles. The van der Waals surface area contributed by atoms with E-state index in [2.05, 4.69) is 29.0 Å². The van der Waals surface area contributed by atoms with Gasteiger partial charge in [0.2, 0.25) is 0 Å². The van der Waals surface area contributed by atoms with Gasteiger partial charge in [0, 0.05) is 12.4 Å². The monoisotopic (exact) mass is 284 g/mol. The van der Waals surface area contributed by atoms with Gasteiger partial charge in [0.15, 0.2) is 0 Å². The maximum atomic E-state index is 12.1. The van der Waals surface area contributed by atoms with Gasteiger partial charge in [0.1, 0.15) is 11.9 Å². The molecule has 0 N–H and O–H groups in total. The third kappa shape index (κ3) is 3.88. The molecule has 0 aliphatic carbocycles. The van der Waals surface area contributed by atoms with Gasteiger partial charge < -0.3 is 4.74 Å². The summed E-state index contributed by atoms with van der Waals surface area (Å²) in [5.74, 6) is 0.246. The molecule has 4 nitrogen and oxygen atoms in total. The van der Waals surface area contributed by atoms with Gasteiger partial charge in [-0.1, -0.05) is 38.1 Å². The predicted molar refractivity (Wildman–Crippen MR) is 81.0 cm³/mol. The molecule has 0 saturated carbocycles. The Bertz CT molecular complexity index is 591. The van der Waals surface area contributed by atoms with E-state index in [9.17, 15) is 4.79 Å². The van der Waals surface area contributed by atoms with Crippen LogP contribution in [-0.2, 0) is 11.2 Å². The largest absolute Gasteiger partial charge is 0.454 e. The summed E-state index contributed by atoms with van der Waals surface area (Å²) in [6.07, 6.45) is 4.47. The van der Waals surface area contributed by atoms with Gasteiger partial charge in [-0.2, -0.15) is 0 Å². The topological polar surface area (TPSA) is 52.1 Å². The normalized spacial score (nSPS) is 12.0. The molecular formula is C17H20N2O2. The van der Waals surface area contributed by atoms with E-state index in [4.69, 9.17) is 4.74 Å². The Kier molecular flexibility index (Phi) is 5.04. The summed E-state index contributed by atoms with van der Waals surface area (Å²) in [7, 11) is 0. The van der Waals surface area contributed by atoms with Crippen molar-refractivity contribution in [1.82, 2.24) is 9.97 Å². The highest BCUT2D eigenvalue weighted by atomic mass is 16.5. The Balaban J connectivity index is 2.10. The van der Waals surface area contributed by atoms with Crippen LogP contribution in [0.25, 0.3) is 0 Å². The minimum atomic E-state index is -0.388. The predicted octanol–water partition coefficient (Wildman–Crippen LogP) is 3.66. The number of ether oxygens (including phenoxy) is 1. The number of aryl methyl sites for hydroxylation is 2. The number of hydrogen-bond acceptors (Lipinski definition) is 4. The maximum Gasteiger partial charge on any atom is 0.341 e. The fraction of sp³-hybridized carbons (Fsp3) is 0.353. The first-order valence-corrected chi connectivity index (χ1v) is 7.22. The zero-order chi connectivity index (χ0) is 15.2. The third-order valence-electron chi connectivity index (χ3n) is 3.40. The van der Waals surface area contributed by atoms with Crippen molar-refractivity contribution in [3.05, 3.63) is 59.2 Å². The lowest BCUT2D eigenvalue weighted by molar-refractivity contribution is 0.0287. The zero-order valence-electron chi connectivity index (χ0n) is 12.7. The first-order valence-electron chi connectivity index (χ1n) is 7.22. The van der Waals surface area contributed by atoms with Crippen LogP contribution in [0.5, 0.6) is 0 Å². The van der Waals surface area contributed by atoms with E-state index >= 15 is 0 Å². The van der Waals surface area contributed by atoms with Gasteiger partial charge in [-0.05, 0) is 30.9 Å².